The van der Waals surface area contributed by atoms with Crippen LogP contribution < -0.4 is 0 Å². The van der Waals surface area contributed by atoms with Gasteiger partial charge >= 0.3 is 0 Å². The molecule has 0 saturated carbocycles. The number of rotatable bonds is 8. The van der Waals surface area contributed by atoms with Gasteiger partial charge in [0.05, 0.1) is 11.0 Å². The number of imidazole rings is 1. The number of halogens is 2. The maximum absolute atomic E-state index is 5.95. The third kappa shape index (κ3) is 4.23. The van der Waals surface area contributed by atoms with Gasteiger partial charge in [-0.1, -0.05) is 48.5 Å². The highest BCUT2D eigenvalue weighted by Gasteiger charge is 2.15. The molecule has 1 atom stereocenters. The van der Waals surface area contributed by atoms with Gasteiger partial charge in [-0.15, -0.1) is 11.6 Å². The van der Waals surface area contributed by atoms with Crippen LogP contribution in [0.1, 0.15) is 57.8 Å². The van der Waals surface area contributed by atoms with E-state index in [1.807, 2.05) is 0 Å². The number of alkyl halides is 1. The summed E-state index contributed by atoms with van der Waals surface area (Å²) in [5.74, 6) is 1.73. The molecule has 0 aliphatic rings. The first-order valence-corrected chi connectivity index (χ1v) is 9.22. The first-order valence-electron chi connectivity index (χ1n) is 7.89. The second-order valence-corrected chi connectivity index (χ2v) is 6.96. The van der Waals surface area contributed by atoms with E-state index in [-0.39, 0.29) is 0 Å². The summed E-state index contributed by atoms with van der Waals surface area (Å²) in [4.78, 5) is 4.78. The molecule has 116 valence electrons. The number of nitrogens with zero attached hydrogens (tertiary/aromatic N) is 2. The first kappa shape index (κ1) is 16.8. The molecular formula is C17H24BrClN2. The Labute approximate surface area is 141 Å². The fourth-order valence-electron chi connectivity index (χ4n) is 2.87. The SMILES string of the molecule is CCCCCCC(C)n1c(CCCl)nc2cc(Br)ccc21. The fraction of sp³-hybridized carbons (Fsp3) is 0.588. The van der Waals surface area contributed by atoms with Crippen molar-refractivity contribution in [1.82, 2.24) is 9.55 Å². The molecule has 0 radical (unpaired) electrons. The molecule has 4 heteroatoms. The van der Waals surface area contributed by atoms with Crippen LogP contribution in [-0.2, 0) is 6.42 Å². The number of hydrogen-bond donors (Lipinski definition) is 0. The van der Waals surface area contributed by atoms with Crippen molar-refractivity contribution in [2.45, 2.75) is 58.4 Å². The Kier molecular flexibility index (Phi) is 6.56. The molecule has 0 bridgehead atoms. The zero-order valence-corrected chi connectivity index (χ0v) is 15.3. The third-order valence-corrected chi connectivity index (χ3v) is 4.64. The molecule has 2 aromatic rings. The lowest BCUT2D eigenvalue weighted by Crippen LogP contribution is -2.10. The Hall–Kier alpha value is -0.540. The van der Waals surface area contributed by atoms with Gasteiger partial charge in [-0.25, -0.2) is 4.98 Å². The highest BCUT2D eigenvalue weighted by Crippen LogP contribution is 2.27. The van der Waals surface area contributed by atoms with Crippen LogP contribution in [-0.4, -0.2) is 15.4 Å². The van der Waals surface area contributed by atoms with Crippen LogP contribution in [0.25, 0.3) is 11.0 Å². The van der Waals surface area contributed by atoms with E-state index in [0.29, 0.717) is 11.9 Å². The van der Waals surface area contributed by atoms with Gasteiger partial charge in [0.1, 0.15) is 5.82 Å². The molecule has 0 aliphatic carbocycles. The van der Waals surface area contributed by atoms with Crippen LogP contribution in [0.5, 0.6) is 0 Å². The average molecular weight is 372 g/mol. The number of benzene rings is 1. The maximum atomic E-state index is 5.95. The van der Waals surface area contributed by atoms with Gasteiger partial charge in [0.15, 0.2) is 0 Å². The molecule has 0 spiro atoms. The normalized spacial score (nSPS) is 13.0. The second kappa shape index (κ2) is 8.19. The molecule has 1 unspecified atom stereocenters. The van der Waals surface area contributed by atoms with Gasteiger partial charge in [0, 0.05) is 22.8 Å². The van der Waals surface area contributed by atoms with E-state index in [1.165, 1.54) is 37.6 Å². The lowest BCUT2D eigenvalue weighted by Gasteiger charge is -2.17. The van der Waals surface area contributed by atoms with Gasteiger partial charge < -0.3 is 4.57 Å². The van der Waals surface area contributed by atoms with E-state index >= 15 is 0 Å². The number of hydrogen-bond acceptors (Lipinski definition) is 1. The molecule has 0 amide bonds. The van der Waals surface area contributed by atoms with Gasteiger partial charge in [0.2, 0.25) is 0 Å². The summed E-state index contributed by atoms with van der Waals surface area (Å²) in [7, 11) is 0. The summed E-state index contributed by atoms with van der Waals surface area (Å²) in [6.45, 7) is 4.55. The van der Waals surface area contributed by atoms with Crippen molar-refractivity contribution in [3.63, 3.8) is 0 Å². The zero-order valence-electron chi connectivity index (χ0n) is 12.9. The first-order chi connectivity index (χ1) is 10.2. The fourth-order valence-corrected chi connectivity index (χ4v) is 3.39. The number of unbranched alkanes of at least 4 members (excludes halogenated alkanes) is 3. The standard InChI is InChI=1S/C17H24BrClN2/c1-3-4-5-6-7-13(2)21-16-9-8-14(18)12-15(16)20-17(21)10-11-19/h8-9,12-13H,3-7,10-11H2,1-2H3. The summed E-state index contributed by atoms with van der Waals surface area (Å²) < 4.78 is 3.46. The highest BCUT2D eigenvalue weighted by atomic mass is 79.9. The Morgan fingerprint density at radius 1 is 1.29 bits per heavy atom. The zero-order chi connectivity index (χ0) is 15.2. The molecule has 1 heterocycles. The lowest BCUT2D eigenvalue weighted by atomic mass is 10.1. The molecule has 0 fully saturated rings. The van der Waals surface area contributed by atoms with Gasteiger partial charge in [-0.3, -0.25) is 0 Å². The molecule has 1 aromatic heterocycles. The monoisotopic (exact) mass is 370 g/mol. The minimum Gasteiger partial charge on any atom is -0.325 e. The summed E-state index contributed by atoms with van der Waals surface area (Å²) in [5.41, 5.74) is 2.28. The lowest BCUT2D eigenvalue weighted by molar-refractivity contribution is 0.470. The Morgan fingerprint density at radius 3 is 2.81 bits per heavy atom. The maximum Gasteiger partial charge on any atom is 0.111 e. The van der Waals surface area contributed by atoms with Crippen LogP contribution in [0.3, 0.4) is 0 Å². The predicted molar refractivity (Wildman–Crippen MR) is 95.3 cm³/mol. The number of fused-ring (bicyclic) bond motifs is 1. The largest absolute Gasteiger partial charge is 0.325 e. The number of aryl methyl sites for hydroxylation is 1. The van der Waals surface area contributed by atoms with E-state index in [2.05, 4.69) is 52.5 Å². The molecular weight excluding hydrogens is 348 g/mol. The van der Waals surface area contributed by atoms with Crippen molar-refractivity contribution in [3.05, 3.63) is 28.5 Å². The van der Waals surface area contributed by atoms with Crippen molar-refractivity contribution in [2.24, 2.45) is 0 Å². The Morgan fingerprint density at radius 2 is 2.10 bits per heavy atom. The van der Waals surface area contributed by atoms with Crippen molar-refractivity contribution in [3.8, 4) is 0 Å². The average Bonchev–Trinajstić information content (AvgIpc) is 2.81. The van der Waals surface area contributed by atoms with Gasteiger partial charge in [0.25, 0.3) is 0 Å². The van der Waals surface area contributed by atoms with E-state index in [1.54, 1.807) is 0 Å². The van der Waals surface area contributed by atoms with Crippen molar-refractivity contribution in [1.29, 1.82) is 0 Å². The van der Waals surface area contributed by atoms with E-state index in [0.717, 1.165) is 22.2 Å². The minimum absolute atomic E-state index is 0.478. The van der Waals surface area contributed by atoms with Crippen molar-refractivity contribution in [2.75, 3.05) is 5.88 Å². The van der Waals surface area contributed by atoms with E-state index < -0.39 is 0 Å². The van der Waals surface area contributed by atoms with Crippen molar-refractivity contribution >= 4 is 38.6 Å². The number of aromatic nitrogens is 2. The van der Waals surface area contributed by atoms with Gasteiger partial charge in [-0.05, 0) is 31.5 Å². The Balaban J connectivity index is 2.24. The van der Waals surface area contributed by atoms with Crippen LogP contribution in [0.4, 0.5) is 0 Å². The van der Waals surface area contributed by atoms with Crippen molar-refractivity contribution < 1.29 is 0 Å². The molecule has 21 heavy (non-hydrogen) atoms. The summed E-state index contributed by atoms with van der Waals surface area (Å²) in [6, 6.07) is 6.82. The van der Waals surface area contributed by atoms with Crippen LogP contribution in [0, 0.1) is 0 Å². The van der Waals surface area contributed by atoms with Crippen LogP contribution in [0.2, 0.25) is 0 Å². The molecule has 2 nitrogen and oxygen atoms in total. The summed E-state index contributed by atoms with van der Waals surface area (Å²) in [6.07, 6.45) is 7.26. The van der Waals surface area contributed by atoms with Crippen LogP contribution >= 0.6 is 27.5 Å². The summed E-state index contributed by atoms with van der Waals surface area (Å²) >= 11 is 9.48. The second-order valence-electron chi connectivity index (χ2n) is 5.67. The molecule has 1 aromatic carbocycles. The summed E-state index contributed by atoms with van der Waals surface area (Å²) in [5, 5.41) is 0. The van der Waals surface area contributed by atoms with E-state index in [9.17, 15) is 0 Å². The quantitative estimate of drug-likeness (QED) is 0.404. The van der Waals surface area contributed by atoms with Crippen LogP contribution in [0.15, 0.2) is 22.7 Å². The van der Waals surface area contributed by atoms with Gasteiger partial charge in [-0.2, -0.15) is 0 Å². The molecule has 0 saturated heterocycles. The predicted octanol–water partition coefficient (Wildman–Crippen LogP) is 6.11. The van der Waals surface area contributed by atoms with E-state index in [4.69, 9.17) is 16.6 Å². The topological polar surface area (TPSA) is 17.8 Å². The highest BCUT2D eigenvalue weighted by molar-refractivity contribution is 9.10. The third-order valence-electron chi connectivity index (χ3n) is 3.96. The molecule has 0 aliphatic heterocycles. The molecule has 0 N–H and O–H groups in total. The molecule has 2 rings (SSSR count). The minimum atomic E-state index is 0.478. The Bertz CT molecular complexity index is 579. The smallest absolute Gasteiger partial charge is 0.111 e.